The van der Waals surface area contributed by atoms with Crippen LogP contribution in [0, 0.1) is 11.8 Å². The van der Waals surface area contributed by atoms with Gasteiger partial charge in [0.05, 0.1) is 24.9 Å². The normalized spacial score (nSPS) is 9.81. The maximum Gasteiger partial charge on any atom is 0.255 e. The molecule has 0 aliphatic carbocycles. The fourth-order valence-corrected chi connectivity index (χ4v) is 1.88. The van der Waals surface area contributed by atoms with E-state index in [-0.39, 0.29) is 12.5 Å². The Morgan fingerprint density at radius 1 is 1.48 bits per heavy atom. The minimum atomic E-state index is -0.0993. The summed E-state index contributed by atoms with van der Waals surface area (Å²) in [5.41, 5.74) is 6.53. The highest BCUT2D eigenvalue weighted by atomic mass is 16.3. The summed E-state index contributed by atoms with van der Waals surface area (Å²) in [6.45, 7) is 3.21. The van der Waals surface area contributed by atoms with Crippen LogP contribution in [-0.4, -0.2) is 28.9 Å². The van der Waals surface area contributed by atoms with Crippen LogP contribution in [0.5, 0.6) is 0 Å². The SMILES string of the molecule is CCN(Cc1ccco1)C(=O)c1cncc(C#CCN)c1. The van der Waals surface area contributed by atoms with E-state index in [4.69, 9.17) is 10.2 Å². The van der Waals surface area contributed by atoms with Gasteiger partial charge in [0.25, 0.3) is 5.91 Å². The number of aromatic nitrogens is 1. The van der Waals surface area contributed by atoms with Crippen LogP contribution in [0.15, 0.2) is 41.3 Å². The highest BCUT2D eigenvalue weighted by Gasteiger charge is 2.16. The zero-order valence-electron chi connectivity index (χ0n) is 11.9. The molecule has 2 heterocycles. The van der Waals surface area contributed by atoms with E-state index in [2.05, 4.69) is 16.8 Å². The lowest BCUT2D eigenvalue weighted by molar-refractivity contribution is 0.0741. The number of hydrogen-bond acceptors (Lipinski definition) is 4. The summed E-state index contributed by atoms with van der Waals surface area (Å²) in [5, 5.41) is 0. The molecular weight excluding hydrogens is 266 g/mol. The second-order valence-electron chi connectivity index (χ2n) is 4.37. The minimum Gasteiger partial charge on any atom is -0.467 e. The van der Waals surface area contributed by atoms with Crippen molar-refractivity contribution in [2.75, 3.05) is 13.1 Å². The summed E-state index contributed by atoms with van der Waals surface area (Å²) in [5.74, 6) is 6.27. The summed E-state index contributed by atoms with van der Waals surface area (Å²) in [6.07, 6.45) is 4.75. The number of nitrogens with two attached hydrogens (primary N) is 1. The smallest absolute Gasteiger partial charge is 0.255 e. The van der Waals surface area contributed by atoms with Gasteiger partial charge in [-0.25, -0.2) is 0 Å². The van der Waals surface area contributed by atoms with Gasteiger partial charge in [-0.05, 0) is 25.1 Å². The molecule has 5 nitrogen and oxygen atoms in total. The Labute approximate surface area is 123 Å². The van der Waals surface area contributed by atoms with Crippen molar-refractivity contribution < 1.29 is 9.21 Å². The van der Waals surface area contributed by atoms with Crippen LogP contribution in [0.2, 0.25) is 0 Å². The second kappa shape index (κ2) is 7.27. The molecule has 2 rings (SSSR count). The maximum absolute atomic E-state index is 12.5. The lowest BCUT2D eigenvalue weighted by atomic mass is 10.2. The molecule has 0 unspecified atom stereocenters. The standard InChI is InChI=1S/C16H17N3O2/c1-2-19(12-15-6-4-8-21-15)16(20)14-9-13(5-3-7-17)10-18-11-14/h4,6,8-11H,2,7,12,17H2,1H3. The Bertz CT molecular complexity index is 654. The van der Waals surface area contributed by atoms with Crippen molar-refractivity contribution in [2.45, 2.75) is 13.5 Å². The predicted octanol–water partition coefficient (Wildman–Crippen LogP) is 1.65. The highest BCUT2D eigenvalue weighted by Crippen LogP contribution is 2.11. The van der Waals surface area contributed by atoms with Crippen LogP contribution >= 0.6 is 0 Å². The third-order valence-corrected chi connectivity index (χ3v) is 2.92. The molecule has 0 radical (unpaired) electrons. The van der Waals surface area contributed by atoms with E-state index in [9.17, 15) is 4.79 Å². The molecule has 2 N–H and O–H groups in total. The number of furan rings is 1. The monoisotopic (exact) mass is 283 g/mol. The molecule has 0 saturated carbocycles. The van der Waals surface area contributed by atoms with E-state index in [1.165, 1.54) is 0 Å². The van der Waals surface area contributed by atoms with E-state index in [1.807, 2.05) is 13.0 Å². The molecule has 0 bridgehead atoms. The van der Waals surface area contributed by atoms with Crippen molar-refractivity contribution in [1.29, 1.82) is 0 Å². The number of hydrogen-bond donors (Lipinski definition) is 1. The fraction of sp³-hybridized carbons (Fsp3) is 0.250. The Kier molecular flexibility index (Phi) is 5.13. The van der Waals surface area contributed by atoms with Crippen molar-refractivity contribution in [2.24, 2.45) is 5.73 Å². The summed E-state index contributed by atoms with van der Waals surface area (Å²) < 4.78 is 5.28. The van der Waals surface area contributed by atoms with Crippen LogP contribution in [0.4, 0.5) is 0 Å². The van der Waals surface area contributed by atoms with Gasteiger partial charge in [-0.2, -0.15) is 0 Å². The Balaban J connectivity index is 2.17. The van der Waals surface area contributed by atoms with Crippen molar-refractivity contribution in [3.63, 3.8) is 0 Å². The molecule has 0 fully saturated rings. The van der Waals surface area contributed by atoms with Crippen LogP contribution in [-0.2, 0) is 6.54 Å². The Morgan fingerprint density at radius 3 is 3.00 bits per heavy atom. The molecule has 21 heavy (non-hydrogen) atoms. The summed E-state index contributed by atoms with van der Waals surface area (Å²) in [4.78, 5) is 18.2. The molecular formula is C16H17N3O2. The van der Waals surface area contributed by atoms with Crippen molar-refractivity contribution in [3.05, 3.63) is 53.7 Å². The van der Waals surface area contributed by atoms with E-state index in [1.54, 1.807) is 35.7 Å². The van der Waals surface area contributed by atoms with Gasteiger partial charge in [-0.15, -0.1) is 0 Å². The lowest BCUT2D eigenvalue weighted by Crippen LogP contribution is -2.30. The van der Waals surface area contributed by atoms with Gasteiger partial charge < -0.3 is 15.1 Å². The van der Waals surface area contributed by atoms with E-state index in [0.717, 1.165) is 5.76 Å². The minimum absolute atomic E-state index is 0.0993. The van der Waals surface area contributed by atoms with Crippen LogP contribution in [0.25, 0.3) is 0 Å². The van der Waals surface area contributed by atoms with Crippen molar-refractivity contribution in [1.82, 2.24) is 9.88 Å². The van der Waals surface area contributed by atoms with Crippen LogP contribution in [0.3, 0.4) is 0 Å². The third-order valence-electron chi connectivity index (χ3n) is 2.92. The first kappa shape index (κ1) is 14.8. The number of pyridine rings is 1. The molecule has 5 heteroatoms. The zero-order valence-corrected chi connectivity index (χ0v) is 11.9. The Hall–Kier alpha value is -2.58. The van der Waals surface area contributed by atoms with Gasteiger partial charge in [-0.1, -0.05) is 11.8 Å². The average molecular weight is 283 g/mol. The highest BCUT2D eigenvalue weighted by molar-refractivity contribution is 5.94. The van der Waals surface area contributed by atoms with Gasteiger partial charge in [-0.3, -0.25) is 9.78 Å². The largest absolute Gasteiger partial charge is 0.467 e. The van der Waals surface area contributed by atoms with Crippen molar-refractivity contribution in [3.8, 4) is 11.8 Å². The Morgan fingerprint density at radius 2 is 2.33 bits per heavy atom. The molecule has 0 atom stereocenters. The molecule has 2 aromatic heterocycles. The molecule has 1 amide bonds. The van der Waals surface area contributed by atoms with Gasteiger partial charge >= 0.3 is 0 Å². The topological polar surface area (TPSA) is 72.4 Å². The number of rotatable bonds is 4. The van der Waals surface area contributed by atoms with Gasteiger partial charge in [0.1, 0.15) is 5.76 Å². The third kappa shape index (κ3) is 3.94. The predicted molar refractivity (Wildman–Crippen MR) is 79.3 cm³/mol. The molecule has 0 spiro atoms. The zero-order chi connectivity index (χ0) is 15.1. The number of nitrogens with zero attached hydrogens (tertiary/aromatic N) is 2. The van der Waals surface area contributed by atoms with Gasteiger partial charge in [0.15, 0.2) is 0 Å². The molecule has 108 valence electrons. The number of carbonyl (C=O) groups is 1. The fourth-order valence-electron chi connectivity index (χ4n) is 1.88. The molecule has 0 aliphatic heterocycles. The summed E-state index contributed by atoms with van der Waals surface area (Å²) in [6, 6.07) is 5.37. The summed E-state index contributed by atoms with van der Waals surface area (Å²) >= 11 is 0. The van der Waals surface area contributed by atoms with E-state index < -0.39 is 0 Å². The maximum atomic E-state index is 12.5. The number of carbonyl (C=O) groups excluding carboxylic acids is 1. The summed E-state index contributed by atoms with van der Waals surface area (Å²) in [7, 11) is 0. The first-order valence-corrected chi connectivity index (χ1v) is 6.70. The quantitative estimate of drug-likeness (QED) is 0.866. The van der Waals surface area contributed by atoms with Gasteiger partial charge in [0, 0.05) is 24.5 Å². The second-order valence-corrected chi connectivity index (χ2v) is 4.37. The van der Waals surface area contributed by atoms with E-state index >= 15 is 0 Å². The van der Waals surface area contributed by atoms with Crippen LogP contribution in [0.1, 0.15) is 28.6 Å². The molecule has 0 aliphatic rings. The number of amides is 1. The van der Waals surface area contributed by atoms with Gasteiger partial charge in [0.2, 0.25) is 0 Å². The van der Waals surface area contributed by atoms with Crippen LogP contribution < -0.4 is 5.73 Å². The van der Waals surface area contributed by atoms with E-state index in [0.29, 0.717) is 24.2 Å². The molecule has 0 saturated heterocycles. The first-order valence-electron chi connectivity index (χ1n) is 6.70. The van der Waals surface area contributed by atoms with Crippen molar-refractivity contribution >= 4 is 5.91 Å². The average Bonchev–Trinajstić information content (AvgIpc) is 3.03. The first-order chi connectivity index (χ1) is 10.2. The molecule has 2 aromatic rings. The lowest BCUT2D eigenvalue weighted by Gasteiger charge is -2.19. The molecule has 0 aromatic carbocycles.